The van der Waals surface area contributed by atoms with Crippen LogP contribution in [0.1, 0.15) is 81.1 Å². The second-order valence-corrected chi connectivity index (χ2v) is 9.41. The molecule has 7 nitrogen and oxygen atoms in total. The molecule has 7 heteroatoms. The number of oxazole rings is 1. The van der Waals surface area contributed by atoms with E-state index in [1.54, 1.807) is 0 Å². The van der Waals surface area contributed by atoms with E-state index in [1.807, 2.05) is 28.0 Å². The molecule has 0 N–H and O–H groups in total. The lowest BCUT2D eigenvalue weighted by molar-refractivity contribution is 0.0753. The Labute approximate surface area is 173 Å². The first-order chi connectivity index (χ1) is 13.9. The highest BCUT2D eigenvalue weighted by atomic mass is 16.4. The van der Waals surface area contributed by atoms with Gasteiger partial charge in [0.15, 0.2) is 0 Å². The van der Waals surface area contributed by atoms with Gasteiger partial charge in [0.25, 0.3) is 5.91 Å². The van der Waals surface area contributed by atoms with Gasteiger partial charge >= 0.3 is 0 Å². The van der Waals surface area contributed by atoms with E-state index in [0.29, 0.717) is 24.8 Å². The summed E-state index contributed by atoms with van der Waals surface area (Å²) in [5, 5.41) is 4.60. The second kappa shape index (κ2) is 8.30. The molecular weight excluding hydrogens is 366 g/mol. The summed E-state index contributed by atoms with van der Waals surface area (Å²) in [4.78, 5) is 21.7. The lowest BCUT2D eigenvalue weighted by Gasteiger charge is -2.20. The molecule has 158 valence electrons. The Bertz CT molecular complexity index is 828. The van der Waals surface area contributed by atoms with E-state index in [4.69, 9.17) is 4.42 Å². The predicted octanol–water partition coefficient (Wildman–Crippen LogP) is 3.63. The van der Waals surface area contributed by atoms with Crippen molar-refractivity contribution in [1.82, 2.24) is 24.6 Å². The maximum Gasteiger partial charge on any atom is 0.274 e. The lowest BCUT2D eigenvalue weighted by Crippen LogP contribution is -2.35. The summed E-state index contributed by atoms with van der Waals surface area (Å²) in [5.74, 6) is 1.72. The van der Waals surface area contributed by atoms with Gasteiger partial charge in [-0.05, 0) is 25.3 Å². The molecule has 2 aromatic heterocycles. The first-order valence-corrected chi connectivity index (χ1v) is 10.9. The lowest BCUT2D eigenvalue weighted by atomic mass is 9.94. The maximum atomic E-state index is 13.0. The molecule has 0 spiro atoms. The van der Waals surface area contributed by atoms with E-state index in [9.17, 15) is 4.79 Å². The van der Waals surface area contributed by atoms with Crippen molar-refractivity contribution in [2.24, 2.45) is 0 Å². The Balaban J connectivity index is 1.33. The van der Waals surface area contributed by atoms with Gasteiger partial charge in [-0.15, -0.1) is 0 Å². The van der Waals surface area contributed by atoms with Gasteiger partial charge in [0.05, 0.1) is 18.8 Å². The standard InChI is InChI=1S/C22H33N5O2/c1-22(2,3)19-15-23-20(29-19)16-25-10-6-11-26(14-13-25)21(28)18-9-12-27(24-18)17-7-4-5-8-17/h9,12,15,17H,4-8,10-11,13-14,16H2,1-3H3. The summed E-state index contributed by atoms with van der Waals surface area (Å²) in [6.07, 6.45) is 9.63. The third-order valence-corrected chi connectivity index (χ3v) is 6.05. The molecule has 29 heavy (non-hydrogen) atoms. The zero-order valence-corrected chi connectivity index (χ0v) is 17.9. The van der Waals surface area contributed by atoms with Crippen molar-refractivity contribution in [3.05, 3.63) is 35.8 Å². The topological polar surface area (TPSA) is 67.4 Å². The Morgan fingerprint density at radius 1 is 1.14 bits per heavy atom. The number of carbonyl (C=O) groups excluding carboxylic acids is 1. The summed E-state index contributed by atoms with van der Waals surface area (Å²) in [6, 6.07) is 2.35. The van der Waals surface area contributed by atoms with Crippen molar-refractivity contribution in [1.29, 1.82) is 0 Å². The Kier molecular flexibility index (Phi) is 5.76. The number of carbonyl (C=O) groups is 1. The zero-order valence-electron chi connectivity index (χ0n) is 17.9. The van der Waals surface area contributed by atoms with Gasteiger partial charge in [0.1, 0.15) is 11.5 Å². The molecule has 3 heterocycles. The molecule has 1 aliphatic carbocycles. The van der Waals surface area contributed by atoms with Crippen LogP contribution in [-0.2, 0) is 12.0 Å². The first-order valence-electron chi connectivity index (χ1n) is 10.9. The molecule has 1 saturated carbocycles. The SMILES string of the molecule is CC(C)(C)c1cnc(CN2CCCN(C(=O)c3ccn(C4CCCC4)n3)CC2)o1. The molecule has 0 atom stereocenters. The minimum Gasteiger partial charge on any atom is -0.444 e. The molecule has 2 fully saturated rings. The number of aromatic nitrogens is 3. The van der Waals surface area contributed by atoms with Crippen LogP contribution in [-0.4, -0.2) is 56.7 Å². The van der Waals surface area contributed by atoms with E-state index < -0.39 is 0 Å². The molecule has 0 unspecified atom stereocenters. The Morgan fingerprint density at radius 3 is 2.66 bits per heavy atom. The van der Waals surface area contributed by atoms with Crippen LogP contribution in [0.2, 0.25) is 0 Å². The molecule has 1 amide bonds. The molecule has 4 rings (SSSR count). The molecule has 2 aliphatic rings. The van der Waals surface area contributed by atoms with Crippen LogP contribution in [0.15, 0.2) is 22.9 Å². The normalized spacial score (nSPS) is 19.6. The van der Waals surface area contributed by atoms with Crippen molar-refractivity contribution >= 4 is 5.91 Å². The Morgan fingerprint density at radius 2 is 1.93 bits per heavy atom. The smallest absolute Gasteiger partial charge is 0.274 e. The average molecular weight is 400 g/mol. The van der Waals surface area contributed by atoms with Crippen LogP contribution in [0.25, 0.3) is 0 Å². The zero-order chi connectivity index (χ0) is 20.4. The average Bonchev–Trinajstić information content (AvgIpc) is 3.41. The van der Waals surface area contributed by atoms with Gasteiger partial charge in [-0.1, -0.05) is 33.6 Å². The summed E-state index contributed by atoms with van der Waals surface area (Å²) in [7, 11) is 0. The number of rotatable bonds is 4. The summed E-state index contributed by atoms with van der Waals surface area (Å²) >= 11 is 0. The predicted molar refractivity (Wildman–Crippen MR) is 111 cm³/mol. The fourth-order valence-corrected chi connectivity index (χ4v) is 4.24. The molecule has 0 aromatic carbocycles. The fraction of sp³-hybridized carbons (Fsp3) is 0.682. The summed E-state index contributed by atoms with van der Waals surface area (Å²) in [5.41, 5.74) is 0.544. The van der Waals surface area contributed by atoms with E-state index in [0.717, 1.165) is 37.7 Å². The number of hydrogen-bond donors (Lipinski definition) is 0. The van der Waals surface area contributed by atoms with Gasteiger partial charge in [-0.3, -0.25) is 14.4 Å². The number of hydrogen-bond acceptors (Lipinski definition) is 5. The van der Waals surface area contributed by atoms with Gasteiger partial charge in [-0.25, -0.2) is 4.98 Å². The van der Waals surface area contributed by atoms with E-state index in [-0.39, 0.29) is 11.3 Å². The van der Waals surface area contributed by atoms with Crippen LogP contribution in [0.5, 0.6) is 0 Å². The molecular formula is C22H33N5O2. The van der Waals surface area contributed by atoms with Crippen LogP contribution >= 0.6 is 0 Å². The van der Waals surface area contributed by atoms with Gasteiger partial charge < -0.3 is 9.32 Å². The Hall–Kier alpha value is -2.15. The van der Waals surface area contributed by atoms with Crippen LogP contribution in [0.4, 0.5) is 0 Å². The van der Waals surface area contributed by atoms with Gasteiger partial charge in [0, 0.05) is 37.8 Å². The molecule has 0 radical (unpaired) electrons. The third kappa shape index (κ3) is 4.71. The summed E-state index contributed by atoms with van der Waals surface area (Å²) in [6.45, 7) is 10.3. The van der Waals surface area contributed by atoms with Gasteiger partial charge in [0.2, 0.25) is 5.89 Å². The molecule has 1 aliphatic heterocycles. The third-order valence-electron chi connectivity index (χ3n) is 6.05. The quantitative estimate of drug-likeness (QED) is 0.785. The number of amides is 1. The van der Waals surface area contributed by atoms with Crippen molar-refractivity contribution in [2.45, 2.75) is 70.9 Å². The van der Waals surface area contributed by atoms with Crippen molar-refractivity contribution in [3.63, 3.8) is 0 Å². The largest absolute Gasteiger partial charge is 0.444 e. The van der Waals surface area contributed by atoms with Crippen LogP contribution < -0.4 is 0 Å². The van der Waals surface area contributed by atoms with Crippen LogP contribution in [0, 0.1) is 0 Å². The van der Waals surface area contributed by atoms with E-state index in [1.165, 1.54) is 25.7 Å². The van der Waals surface area contributed by atoms with Crippen LogP contribution in [0.3, 0.4) is 0 Å². The summed E-state index contributed by atoms with van der Waals surface area (Å²) < 4.78 is 7.94. The second-order valence-electron chi connectivity index (χ2n) is 9.41. The van der Waals surface area contributed by atoms with Gasteiger partial charge in [-0.2, -0.15) is 5.10 Å². The van der Waals surface area contributed by atoms with Crippen molar-refractivity contribution in [2.75, 3.05) is 26.2 Å². The van der Waals surface area contributed by atoms with E-state index in [2.05, 4.69) is 35.8 Å². The highest BCUT2D eigenvalue weighted by Crippen LogP contribution is 2.29. The fourth-order valence-electron chi connectivity index (χ4n) is 4.24. The molecule has 0 bridgehead atoms. The molecule has 1 saturated heterocycles. The minimum atomic E-state index is -0.0326. The monoisotopic (exact) mass is 399 g/mol. The highest BCUT2D eigenvalue weighted by molar-refractivity contribution is 5.92. The molecule has 2 aromatic rings. The number of nitrogens with zero attached hydrogens (tertiary/aromatic N) is 5. The highest BCUT2D eigenvalue weighted by Gasteiger charge is 2.25. The first kappa shape index (κ1) is 20.1. The van der Waals surface area contributed by atoms with Crippen molar-refractivity contribution in [3.8, 4) is 0 Å². The van der Waals surface area contributed by atoms with Crippen molar-refractivity contribution < 1.29 is 9.21 Å². The van der Waals surface area contributed by atoms with E-state index >= 15 is 0 Å². The minimum absolute atomic E-state index is 0.0326. The maximum absolute atomic E-state index is 13.0.